The molecule has 1 aromatic heterocycles. The Morgan fingerprint density at radius 2 is 2.38 bits per heavy atom. The molecule has 0 radical (unpaired) electrons. The second-order valence-electron chi connectivity index (χ2n) is 3.65. The summed E-state index contributed by atoms with van der Waals surface area (Å²) < 4.78 is 5.23. The number of nitrogens with zero attached hydrogens (tertiary/aromatic N) is 2. The fourth-order valence-corrected chi connectivity index (χ4v) is 2.57. The van der Waals surface area contributed by atoms with Crippen LogP contribution in [0.1, 0.15) is 49.6 Å². The van der Waals surface area contributed by atoms with Crippen molar-refractivity contribution in [2.75, 3.05) is 5.75 Å². The van der Waals surface area contributed by atoms with E-state index >= 15 is 0 Å². The van der Waals surface area contributed by atoms with E-state index in [-0.39, 0.29) is 0 Å². The fraction of sp³-hybridized carbons (Fsp3) is 0.778. The van der Waals surface area contributed by atoms with Crippen molar-refractivity contribution in [1.29, 1.82) is 0 Å². The lowest BCUT2D eigenvalue weighted by Gasteiger charge is -1.99. The van der Waals surface area contributed by atoms with Gasteiger partial charge >= 0.3 is 0 Å². The first-order valence-corrected chi connectivity index (χ1v) is 5.77. The normalized spacial score (nSPS) is 22.8. The van der Waals surface area contributed by atoms with Crippen molar-refractivity contribution in [1.82, 2.24) is 10.1 Å². The summed E-state index contributed by atoms with van der Waals surface area (Å²) >= 11 is 1.92. The molecule has 1 aliphatic rings. The van der Waals surface area contributed by atoms with Gasteiger partial charge in [0, 0.05) is 5.92 Å². The van der Waals surface area contributed by atoms with E-state index in [9.17, 15) is 0 Å². The molecule has 0 spiro atoms. The summed E-state index contributed by atoms with van der Waals surface area (Å²) in [6, 6.07) is 0. The molecule has 1 fully saturated rings. The molecule has 1 unspecified atom stereocenters. The van der Waals surface area contributed by atoms with Crippen LogP contribution in [-0.4, -0.2) is 15.9 Å². The molecule has 0 bridgehead atoms. The smallest absolute Gasteiger partial charge is 0.239 e. The van der Waals surface area contributed by atoms with Gasteiger partial charge in [-0.2, -0.15) is 4.98 Å². The van der Waals surface area contributed by atoms with Crippen LogP contribution in [0, 0.1) is 0 Å². The number of thioether (sulfide) groups is 1. The van der Waals surface area contributed by atoms with Gasteiger partial charge in [-0.15, -0.1) is 11.8 Å². The van der Waals surface area contributed by atoms with Crippen molar-refractivity contribution >= 4 is 11.8 Å². The monoisotopic (exact) mass is 198 g/mol. The molecule has 0 aromatic carbocycles. The third-order valence-corrected chi connectivity index (χ3v) is 3.54. The molecule has 1 saturated heterocycles. The maximum absolute atomic E-state index is 5.23. The molecule has 2 rings (SSSR count). The van der Waals surface area contributed by atoms with Crippen LogP contribution in [0.15, 0.2) is 4.52 Å². The van der Waals surface area contributed by atoms with Gasteiger partial charge in [0.25, 0.3) is 0 Å². The average Bonchev–Trinajstić information content (AvgIpc) is 2.75. The maximum atomic E-state index is 5.23. The van der Waals surface area contributed by atoms with Crippen molar-refractivity contribution < 1.29 is 4.52 Å². The van der Waals surface area contributed by atoms with Crippen LogP contribution in [0.5, 0.6) is 0 Å². The number of hydrogen-bond acceptors (Lipinski definition) is 4. The first kappa shape index (κ1) is 9.06. The molecular weight excluding hydrogens is 184 g/mol. The van der Waals surface area contributed by atoms with Gasteiger partial charge in [0.1, 0.15) is 0 Å². The Kier molecular flexibility index (Phi) is 2.58. The fourth-order valence-electron chi connectivity index (χ4n) is 1.38. The quantitative estimate of drug-likeness (QED) is 0.732. The Morgan fingerprint density at radius 3 is 2.92 bits per heavy atom. The van der Waals surface area contributed by atoms with Crippen molar-refractivity contribution in [3.8, 4) is 0 Å². The van der Waals surface area contributed by atoms with Crippen LogP contribution >= 0.6 is 11.8 Å². The second-order valence-corrected chi connectivity index (χ2v) is 4.96. The maximum Gasteiger partial charge on any atom is 0.239 e. The summed E-state index contributed by atoms with van der Waals surface area (Å²) in [7, 11) is 0. The van der Waals surface area contributed by atoms with E-state index in [1.165, 1.54) is 18.6 Å². The highest BCUT2D eigenvalue weighted by molar-refractivity contribution is 7.99. The topological polar surface area (TPSA) is 38.9 Å². The van der Waals surface area contributed by atoms with E-state index in [0.717, 1.165) is 11.7 Å². The van der Waals surface area contributed by atoms with Crippen LogP contribution in [0.3, 0.4) is 0 Å². The third kappa shape index (κ3) is 1.88. The predicted molar refractivity (Wildman–Crippen MR) is 52.8 cm³/mol. The molecule has 0 N–H and O–H groups in total. The van der Waals surface area contributed by atoms with E-state index in [1.807, 2.05) is 11.8 Å². The van der Waals surface area contributed by atoms with Crippen molar-refractivity contribution in [3.05, 3.63) is 11.7 Å². The van der Waals surface area contributed by atoms with Gasteiger partial charge in [0.2, 0.25) is 5.89 Å². The highest BCUT2D eigenvalue weighted by Gasteiger charge is 2.23. The van der Waals surface area contributed by atoms with E-state index in [2.05, 4.69) is 24.0 Å². The molecule has 13 heavy (non-hydrogen) atoms. The molecule has 2 heterocycles. The number of hydrogen-bond donors (Lipinski definition) is 0. The first-order chi connectivity index (χ1) is 6.27. The van der Waals surface area contributed by atoms with Gasteiger partial charge in [-0.3, -0.25) is 0 Å². The number of rotatable bonds is 2. The van der Waals surface area contributed by atoms with Gasteiger partial charge in [-0.05, 0) is 18.6 Å². The molecule has 1 atom stereocenters. The van der Waals surface area contributed by atoms with Crippen molar-refractivity contribution in [3.63, 3.8) is 0 Å². The highest BCUT2D eigenvalue weighted by atomic mass is 32.2. The van der Waals surface area contributed by atoms with E-state index in [1.54, 1.807) is 0 Å². The predicted octanol–water partition coefficient (Wildman–Crippen LogP) is 2.76. The third-order valence-electron chi connectivity index (χ3n) is 2.18. The Morgan fingerprint density at radius 1 is 1.54 bits per heavy atom. The minimum absolute atomic E-state index is 0.365. The Balaban J connectivity index is 2.12. The lowest BCUT2D eigenvalue weighted by Crippen LogP contribution is -1.92. The average molecular weight is 198 g/mol. The molecule has 3 nitrogen and oxygen atoms in total. The molecule has 4 heteroatoms. The standard InChI is InChI=1S/C9H14N2OS/c1-6(2)8-10-9(12-11-8)7-4-3-5-13-7/h6-7H,3-5H2,1-2H3. The zero-order valence-corrected chi connectivity index (χ0v) is 8.80. The van der Waals surface area contributed by atoms with Crippen molar-refractivity contribution in [2.45, 2.75) is 37.9 Å². The van der Waals surface area contributed by atoms with E-state index in [4.69, 9.17) is 4.52 Å². The first-order valence-electron chi connectivity index (χ1n) is 4.72. The molecule has 0 aliphatic carbocycles. The van der Waals surface area contributed by atoms with Gasteiger partial charge in [0.15, 0.2) is 5.82 Å². The summed E-state index contributed by atoms with van der Waals surface area (Å²) in [5, 5.41) is 4.42. The molecule has 1 aromatic rings. The van der Waals surface area contributed by atoms with Crippen LogP contribution in [0.4, 0.5) is 0 Å². The largest absolute Gasteiger partial charge is 0.338 e. The molecular formula is C9H14N2OS. The Labute approximate surface area is 82.3 Å². The summed E-state index contributed by atoms with van der Waals surface area (Å²) in [6.07, 6.45) is 2.46. The van der Waals surface area contributed by atoms with Crippen LogP contribution in [0.25, 0.3) is 0 Å². The molecule has 1 aliphatic heterocycles. The Hall–Kier alpha value is -0.510. The lowest BCUT2D eigenvalue weighted by atomic mass is 10.2. The highest BCUT2D eigenvalue weighted by Crippen LogP contribution is 2.39. The lowest BCUT2D eigenvalue weighted by molar-refractivity contribution is 0.368. The molecule has 0 amide bonds. The number of aromatic nitrogens is 2. The van der Waals surface area contributed by atoms with E-state index in [0.29, 0.717) is 11.2 Å². The molecule has 72 valence electrons. The van der Waals surface area contributed by atoms with Crippen LogP contribution in [0.2, 0.25) is 0 Å². The van der Waals surface area contributed by atoms with Crippen molar-refractivity contribution in [2.24, 2.45) is 0 Å². The van der Waals surface area contributed by atoms with Crippen LogP contribution < -0.4 is 0 Å². The van der Waals surface area contributed by atoms with Gasteiger partial charge in [-0.1, -0.05) is 19.0 Å². The summed E-state index contributed by atoms with van der Waals surface area (Å²) in [5.41, 5.74) is 0. The summed E-state index contributed by atoms with van der Waals surface area (Å²) in [5.74, 6) is 3.25. The van der Waals surface area contributed by atoms with E-state index < -0.39 is 0 Å². The molecule has 0 saturated carbocycles. The Bertz CT molecular complexity index is 279. The zero-order valence-electron chi connectivity index (χ0n) is 7.99. The van der Waals surface area contributed by atoms with Gasteiger partial charge in [0.05, 0.1) is 5.25 Å². The SMILES string of the molecule is CC(C)c1noc(C2CCCS2)n1. The van der Waals surface area contributed by atoms with Gasteiger partial charge in [-0.25, -0.2) is 0 Å². The second kappa shape index (κ2) is 3.70. The summed E-state index contributed by atoms with van der Waals surface area (Å²) in [4.78, 5) is 4.39. The minimum Gasteiger partial charge on any atom is -0.338 e. The summed E-state index contributed by atoms with van der Waals surface area (Å²) in [6.45, 7) is 4.16. The van der Waals surface area contributed by atoms with Gasteiger partial charge < -0.3 is 4.52 Å². The van der Waals surface area contributed by atoms with Crippen LogP contribution in [-0.2, 0) is 0 Å². The minimum atomic E-state index is 0.365. The zero-order chi connectivity index (χ0) is 9.26.